The summed E-state index contributed by atoms with van der Waals surface area (Å²) in [6, 6.07) is 14.2. The molecule has 31 heavy (non-hydrogen) atoms. The van der Waals surface area contributed by atoms with Crippen molar-refractivity contribution in [2.24, 2.45) is 5.41 Å². The van der Waals surface area contributed by atoms with E-state index < -0.39 is 0 Å². The van der Waals surface area contributed by atoms with E-state index in [1.54, 1.807) is 48.5 Å². The Labute approximate surface area is 189 Å². The second-order valence-electron chi connectivity index (χ2n) is 8.53. The molecule has 0 N–H and O–H groups in total. The number of ether oxygens (including phenoxy) is 2. The van der Waals surface area contributed by atoms with E-state index in [0.717, 1.165) is 19.3 Å². The predicted molar refractivity (Wildman–Crippen MR) is 115 cm³/mol. The molecule has 3 aromatic rings. The van der Waals surface area contributed by atoms with Crippen molar-refractivity contribution >= 4 is 29.0 Å². The third kappa shape index (κ3) is 4.14. The second-order valence-corrected chi connectivity index (χ2v) is 9.40. The Morgan fingerprint density at radius 1 is 1.00 bits per heavy atom. The zero-order valence-corrected chi connectivity index (χ0v) is 18.2. The summed E-state index contributed by atoms with van der Waals surface area (Å²) >= 11 is 11.8. The minimum Gasteiger partial charge on any atom is -0.486 e. The molecule has 0 unspecified atom stereocenters. The van der Waals surface area contributed by atoms with Gasteiger partial charge in [-0.1, -0.05) is 34.4 Å². The molecular weight excluding hydrogens is 439 g/mol. The molecule has 0 saturated heterocycles. The molecule has 0 atom stereocenters. The Kier molecular flexibility index (Phi) is 5.15. The number of benzene rings is 2. The second kappa shape index (κ2) is 7.84. The van der Waals surface area contributed by atoms with Crippen LogP contribution in [0.1, 0.15) is 37.4 Å². The first-order valence-electron chi connectivity index (χ1n) is 10.1. The Morgan fingerprint density at radius 2 is 1.77 bits per heavy atom. The lowest BCUT2D eigenvalue weighted by Gasteiger charge is -2.68. The quantitative estimate of drug-likeness (QED) is 0.426. The molecule has 3 aliphatic rings. The number of hydrogen-bond acceptors (Lipinski definition) is 6. The summed E-state index contributed by atoms with van der Waals surface area (Å²) in [6.07, 6.45) is 3.18. The summed E-state index contributed by atoms with van der Waals surface area (Å²) in [7, 11) is 0. The smallest absolute Gasteiger partial charge is 0.233 e. The van der Waals surface area contributed by atoms with Gasteiger partial charge in [-0.3, -0.25) is 4.79 Å². The number of ketones is 1. The van der Waals surface area contributed by atoms with Gasteiger partial charge in [-0.2, -0.15) is 4.98 Å². The van der Waals surface area contributed by atoms with Gasteiger partial charge in [0.05, 0.1) is 5.41 Å². The highest BCUT2D eigenvalue weighted by Gasteiger charge is 2.71. The molecule has 1 aromatic heterocycles. The standard InChI is InChI=1S/C23H20Cl2N2O4/c24-15-4-6-18(7-5-15)30-11-20-26-21(31-27-20)23-12-22(13-23,14-23)9-17(28)10-29-19-3-1-2-16(25)8-19/h1-8H,9-14H2. The molecule has 0 radical (unpaired) electrons. The van der Waals surface area contributed by atoms with Gasteiger partial charge in [-0.15, -0.1) is 0 Å². The third-order valence-electron chi connectivity index (χ3n) is 6.01. The average molecular weight is 459 g/mol. The fourth-order valence-electron chi connectivity index (χ4n) is 4.81. The number of hydrogen-bond donors (Lipinski definition) is 0. The molecule has 3 fully saturated rings. The van der Waals surface area contributed by atoms with E-state index >= 15 is 0 Å². The number of halogens is 2. The first-order valence-corrected chi connectivity index (χ1v) is 10.8. The highest BCUT2D eigenvalue weighted by atomic mass is 35.5. The van der Waals surface area contributed by atoms with Crippen LogP contribution in [-0.4, -0.2) is 22.5 Å². The highest BCUT2D eigenvalue weighted by Crippen LogP contribution is 2.74. The van der Waals surface area contributed by atoms with E-state index in [0.29, 0.717) is 39.7 Å². The lowest BCUT2D eigenvalue weighted by Crippen LogP contribution is -2.65. The van der Waals surface area contributed by atoms with Gasteiger partial charge in [0.15, 0.2) is 12.4 Å². The van der Waals surface area contributed by atoms with Crippen molar-refractivity contribution in [1.82, 2.24) is 10.1 Å². The van der Waals surface area contributed by atoms with Crippen LogP contribution in [0.3, 0.4) is 0 Å². The maximum absolute atomic E-state index is 12.4. The summed E-state index contributed by atoms with van der Waals surface area (Å²) in [5.74, 6) is 2.55. The Morgan fingerprint density at radius 3 is 2.52 bits per heavy atom. The van der Waals surface area contributed by atoms with Crippen LogP contribution in [0.5, 0.6) is 11.5 Å². The molecule has 2 aromatic carbocycles. The molecule has 6 rings (SSSR count). The van der Waals surface area contributed by atoms with Gasteiger partial charge in [0, 0.05) is 16.5 Å². The van der Waals surface area contributed by atoms with E-state index in [1.165, 1.54) is 0 Å². The summed E-state index contributed by atoms with van der Waals surface area (Å²) < 4.78 is 16.7. The van der Waals surface area contributed by atoms with E-state index in [4.69, 9.17) is 37.2 Å². The molecule has 8 heteroatoms. The zero-order chi connectivity index (χ0) is 21.5. The average Bonchev–Trinajstić information content (AvgIpc) is 3.16. The van der Waals surface area contributed by atoms with Crippen LogP contribution >= 0.6 is 23.2 Å². The molecule has 6 nitrogen and oxygen atoms in total. The van der Waals surface area contributed by atoms with Gasteiger partial charge in [-0.25, -0.2) is 0 Å². The maximum Gasteiger partial charge on any atom is 0.233 e. The Bertz CT molecular complexity index is 1090. The van der Waals surface area contributed by atoms with Gasteiger partial charge >= 0.3 is 0 Å². The summed E-state index contributed by atoms with van der Waals surface area (Å²) in [5.41, 5.74) is -0.0389. The fourth-order valence-corrected chi connectivity index (χ4v) is 5.12. The van der Waals surface area contributed by atoms with Gasteiger partial charge in [0.25, 0.3) is 0 Å². The molecule has 0 amide bonds. The van der Waals surface area contributed by atoms with Crippen LogP contribution in [0, 0.1) is 5.41 Å². The third-order valence-corrected chi connectivity index (χ3v) is 6.50. The molecule has 2 bridgehead atoms. The first-order chi connectivity index (χ1) is 14.9. The van der Waals surface area contributed by atoms with Crippen molar-refractivity contribution in [3.8, 4) is 11.5 Å². The molecule has 0 spiro atoms. The van der Waals surface area contributed by atoms with Crippen molar-refractivity contribution in [3.63, 3.8) is 0 Å². The van der Waals surface area contributed by atoms with E-state index in [9.17, 15) is 4.79 Å². The van der Waals surface area contributed by atoms with Crippen molar-refractivity contribution in [2.75, 3.05) is 6.61 Å². The molecule has 3 aliphatic carbocycles. The SMILES string of the molecule is O=C(COc1cccc(Cl)c1)CC12CC(c3nc(COc4ccc(Cl)cc4)no3)(C1)C2. The van der Waals surface area contributed by atoms with Crippen LogP contribution < -0.4 is 9.47 Å². The van der Waals surface area contributed by atoms with Crippen LogP contribution in [0.2, 0.25) is 10.0 Å². The topological polar surface area (TPSA) is 74.5 Å². The van der Waals surface area contributed by atoms with Crippen LogP contribution in [0.4, 0.5) is 0 Å². The fraction of sp³-hybridized carbons (Fsp3) is 0.348. The Balaban J connectivity index is 1.10. The summed E-state index contributed by atoms with van der Waals surface area (Å²) in [6.45, 7) is 0.285. The van der Waals surface area contributed by atoms with Crippen LogP contribution in [0.15, 0.2) is 53.1 Å². The minimum absolute atomic E-state index is 0.0449. The van der Waals surface area contributed by atoms with Crippen molar-refractivity contribution in [3.05, 3.63) is 70.3 Å². The van der Waals surface area contributed by atoms with E-state index in [2.05, 4.69) is 10.1 Å². The normalized spacial score (nSPS) is 23.5. The number of carbonyl (C=O) groups excluding carboxylic acids is 1. The number of aromatic nitrogens is 2. The van der Waals surface area contributed by atoms with Gasteiger partial charge in [0.2, 0.25) is 11.7 Å². The number of carbonyl (C=O) groups is 1. The number of Topliss-reactive ketones (excluding diaryl/α,β-unsaturated/α-hetero) is 1. The van der Waals surface area contributed by atoms with Crippen molar-refractivity contribution in [1.29, 1.82) is 0 Å². The lowest BCUT2D eigenvalue weighted by atomic mass is 9.34. The first kappa shape index (κ1) is 20.3. The molecule has 3 saturated carbocycles. The summed E-state index contributed by atoms with van der Waals surface area (Å²) in [5, 5.41) is 5.28. The van der Waals surface area contributed by atoms with Gasteiger partial charge < -0.3 is 14.0 Å². The molecule has 1 heterocycles. The van der Waals surface area contributed by atoms with Crippen LogP contribution in [0.25, 0.3) is 0 Å². The van der Waals surface area contributed by atoms with Crippen LogP contribution in [-0.2, 0) is 16.8 Å². The Hall–Kier alpha value is -2.57. The van der Waals surface area contributed by atoms with E-state index in [-0.39, 0.29) is 29.8 Å². The van der Waals surface area contributed by atoms with Gasteiger partial charge in [-0.05, 0) is 67.1 Å². The summed E-state index contributed by atoms with van der Waals surface area (Å²) in [4.78, 5) is 16.9. The maximum atomic E-state index is 12.4. The zero-order valence-electron chi connectivity index (χ0n) is 16.6. The van der Waals surface area contributed by atoms with Crippen molar-refractivity contribution < 1.29 is 18.8 Å². The number of nitrogens with zero attached hydrogens (tertiary/aromatic N) is 2. The van der Waals surface area contributed by atoms with Crippen molar-refractivity contribution in [2.45, 2.75) is 37.7 Å². The van der Waals surface area contributed by atoms with E-state index in [1.807, 2.05) is 0 Å². The van der Waals surface area contributed by atoms with Gasteiger partial charge in [0.1, 0.15) is 18.1 Å². The molecule has 160 valence electrons. The largest absolute Gasteiger partial charge is 0.486 e. The molecule has 0 aliphatic heterocycles. The monoisotopic (exact) mass is 458 g/mol. The lowest BCUT2D eigenvalue weighted by molar-refractivity contribution is -0.168. The number of rotatable bonds is 9. The highest BCUT2D eigenvalue weighted by molar-refractivity contribution is 6.30. The molecular formula is C23H20Cl2N2O4. The predicted octanol–water partition coefficient (Wildman–Crippen LogP) is 5.42. The minimum atomic E-state index is -0.0837.